The van der Waals surface area contributed by atoms with Crippen LogP contribution in [0.1, 0.15) is 33.1 Å². The summed E-state index contributed by atoms with van der Waals surface area (Å²) < 4.78 is 5.03. The first-order chi connectivity index (χ1) is 6.69. The second-order valence-electron chi connectivity index (χ2n) is 4.11. The number of methoxy groups -OCH3 is 1. The van der Waals surface area contributed by atoms with Gasteiger partial charge in [-0.2, -0.15) is 0 Å². The van der Waals surface area contributed by atoms with Crippen LogP contribution in [0.2, 0.25) is 0 Å². The number of hydrogen-bond acceptors (Lipinski definition) is 2. The summed E-state index contributed by atoms with van der Waals surface area (Å²) in [6.07, 6.45) is 3.34. The summed E-state index contributed by atoms with van der Waals surface area (Å²) in [6, 6.07) is 0. The fourth-order valence-electron chi connectivity index (χ4n) is 2.03. The molecular weight excluding hydrogens is 178 g/mol. The molecule has 0 aromatic heterocycles. The lowest BCUT2D eigenvalue weighted by atomic mass is 10.0. The average molecular weight is 199 g/mol. The second-order valence-corrected chi connectivity index (χ2v) is 4.11. The van der Waals surface area contributed by atoms with Crippen molar-refractivity contribution in [3.05, 3.63) is 0 Å². The van der Waals surface area contributed by atoms with Crippen LogP contribution in [0.25, 0.3) is 0 Å². The molecule has 3 nitrogen and oxygen atoms in total. The van der Waals surface area contributed by atoms with Crippen molar-refractivity contribution in [1.29, 1.82) is 0 Å². The maximum absolute atomic E-state index is 11.7. The minimum atomic E-state index is -0.282. The van der Waals surface area contributed by atoms with E-state index in [1.807, 2.05) is 11.8 Å². The molecule has 3 heteroatoms. The van der Waals surface area contributed by atoms with Gasteiger partial charge in [-0.25, -0.2) is 0 Å². The lowest BCUT2D eigenvalue weighted by Crippen LogP contribution is -2.37. The Morgan fingerprint density at radius 1 is 1.64 bits per heavy atom. The highest BCUT2D eigenvalue weighted by Crippen LogP contribution is 2.21. The third kappa shape index (κ3) is 2.71. The molecular formula is C11H21NO2. The Labute approximate surface area is 86.4 Å². The zero-order chi connectivity index (χ0) is 10.6. The van der Waals surface area contributed by atoms with Gasteiger partial charge in [0.1, 0.15) is 6.10 Å². The van der Waals surface area contributed by atoms with E-state index in [0.29, 0.717) is 5.92 Å². The summed E-state index contributed by atoms with van der Waals surface area (Å²) in [6.45, 7) is 5.86. The standard InChI is InChI=1S/C11H21NO2/c1-4-5-10-6-7-12(8-10)11(13)9(2)14-3/h9-10H,4-8H2,1-3H3. The van der Waals surface area contributed by atoms with E-state index in [1.165, 1.54) is 12.8 Å². The van der Waals surface area contributed by atoms with E-state index < -0.39 is 0 Å². The zero-order valence-electron chi connectivity index (χ0n) is 9.45. The number of carbonyl (C=O) groups excluding carboxylic acids is 1. The van der Waals surface area contributed by atoms with E-state index >= 15 is 0 Å². The average Bonchev–Trinajstić information content (AvgIpc) is 2.64. The first-order valence-electron chi connectivity index (χ1n) is 5.50. The lowest BCUT2D eigenvalue weighted by Gasteiger charge is -2.19. The number of likely N-dealkylation sites (tertiary alicyclic amines) is 1. The highest BCUT2D eigenvalue weighted by atomic mass is 16.5. The fraction of sp³-hybridized carbons (Fsp3) is 0.909. The molecule has 1 fully saturated rings. The van der Waals surface area contributed by atoms with E-state index in [2.05, 4.69) is 6.92 Å². The predicted octanol–water partition coefficient (Wildman–Crippen LogP) is 1.67. The van der Waals surface area contributed by atoms with Gasteiger partial charge >= 0.3 is 0 Å². The Bertz CT molecular complexity index is 194. The molecule has 2 atom stereocenters. The van der Waals surface area contributed by atoms with E-state index in [9.17, 15) is 4.79 Å². The van der Waals surface area contributed by atoms with E-state index in [1.54, 1.807) is 7.11 Å². The molecule has 2 unspecified atom stereocenters. The summed E-state index contributed by atoms with van der Waals surface area (Å²) in [7, 11) is 1.59. The van der Waals surface area contributed by atoms with Gasteiger partial charge in [0, 0.05) is 20.2 Å². The van der Waals surface area contributed by atoms with Crippen LogP contribution in [0, 0.1) is 5.92 Å². The summed E-state index contributed by atoms with van der Waals surface area (Å²) in [5.74, 6) is 0.860. The van der Waals surface area contributed by atoms with Crippen LogP contribution in [-0.4, -0.2) is 37.1 Å². The van der Waals surface area contributed by atoms with E-state index in [0.717, 1.165) is 19.5 Å². The molecule has 1 saturated heterocycles. The Morgan fingerprint density at radius 2 is 2.36 bits per heavy atom. The van der Waals surface area contributed by atoms with Crippen LogP contribution >= 0.6 is 0 Å². The van der Waals surface area contributed by atoms with Crippen molar-refractivity contribution in [2.75, 3.05) is 20.2 Å². The minimum Gasteiger partial charge on any atom is -0.372 e. The SMILES string of the molecule is CCCC1CCN(C(=O)C(C)OC)C1. The van der Waals surface area contributed by atoms with Crippen molar-refractivity contribution in [3.8, 4) is 0 Å². The minimum absolute atomic E-state index is 0.145. The molecule has 0 aliphatic carbocycles. The van der Waals surface area contributed by atoms with Gasteiger partial charge in [0.2, 0.25) is 0 Å². The van der Waals surface area contributed by atoms with Crippen molar-refractivity contribution in [3.63, 3.8) is 0 Å². The normalized spacial score (nSPS) is 23.9. The third-order valence-corrected chi connectivity index (χ3v) is 3.00. The monoisotopic (exact) mass is 199 g/mol. The number of hydrogen-bond donors (Lipinski definition) is 0. The zero-order valence-corrected chi connectivity index (χ0v) is 9.45. The molecule has 14 heavy (non-hydrogen) atoms. The van der Waals surface area contributed by atoms with Gasteiger partial charge in [-0.15, -0.1) is 0 Å². The molecule has 82 valence electrons. The van der Waals surface area contributed by atoms with Crippen molar-refractivity contribution in [2.24, 2.45) is 5.92 Å². The Morgan fingerprint density at radius 3 is 2.93 bits per heavy atom. The van der Waals surface area contributed by atoms with Gasteiger partial charge in [-0.3, -0.25) is 4.79 Å². The molecule has 1 aliphatic rings. The molecule has 1 rings (SSSR count). The molecule has 1 amide bonds. The Hall–Kier alpha value is -0.570. The number of carbonyl (C=O) groups is 1. The predicted molar refractivity (Wildman–Crippen MR) is 56.1 cm³/mol. The third-order valence-electron chi connectivity index (χ3n) is 3.00. The maximum atomic E-state index is 11.7. The quantitative estimate of drug-likeness (QED) is 0.689. The molecule has 1 aliphatic heterocycles. The number of ether oxygens (including phenoxy) is 1. The van der Waals surface area contributed by atoms with Gasteiger partial charge < -0.3 is 9.64 Å². The molecule has 0 saturated carbocycles. The Kier molecular flexibility index (Phi) is 4.39. The van der Waals surface area contributed by atoms with Crippen molar-refractivity contribution in [1.82, 2.24) is 4.90 Å². The van der Waals surface area contributed by atoms with E-state index in [4.69, 9.17) is 4.74 Å². The van der Waals surface area contributed by atoms with Crippen molar-refractivity contribution < 1.29 is 9.53 Å². The van der Waals surface area contributed by atoms with Gasteiger partial charge in [0.05, 0.1) is 0 Å². The smallest absolute Gasteiger partial charge is 0.251 e. The van der Waals surface area contributed by atoms with Crippen LogP contribution in [-0.2, 0) is 9.53 Å². The number of nitrogens with zero attached hydrogens (tertiary/aromatic N) is 1. The topological polar surface area (TPSA) is 29.5 Å². The van der Waals surface area contributed by atoms with Gasteiger partial charge in [-0.05, 0) is 25.7 Å². The van der Waals surface area contributed by atoms with Crippen LogP contribution in [0.3, 0.4) is 0 Å². The molecule has 0 radical (unpaired) electrons. The molecule has 0 bridgehead atoms. The van der Waals surface area contributed by atoms with Crippen LogP contribution < -0.4 is 0 Å². The van der Waals surface area contributed by atoms with Crippen LogP contribution in [0.15, 0.2) is 0 Å². The lowest BCUT2D eigenvalue weighted by molar-refractivity contribution is -0.139. The van der Waals surface area contributed by atoms with Crippen molar-refractivity contribution in [2.45, 2.75) is 39.2 Å². The number of amides is 1. The van der Waals surface area contributed by atoms with Crippen molar-refractivity contribution >= 4 is 5.91 Å². The van der Waals surface area contributed by atoms with Gasteiger partial charge in [0.25, 0.3) is 5.91 Å². The van der Waals surface area contributed by atoms with E-state index in [-0.39, 0.29) is 12.0 Å². The first-order valence-corrected chi connectivity index (χ1v) is 5.50. The first kappa shape index (κ1) is 11.5. The largest absolute Gasteiger partial charge is 0.372 e. The van der Waals surface area contributed by atoms with Gasteiger partial charge in [0.15, 0.2) is 0 Å². The summed E-state index contributed by atoms with van der Waals surface area (Å²) >= 11 is 0. The molecule has 1 heterocycles. The molecule has 0 aromatic carbocycles. The highest BCUT2D eigenvalue weighted by Gasteiger charge is 2.28. The summed E-state index contributed by atoms with van der Waals surface area (Å²) in [5, 5.41) is 0. The molecule has 0 spiro atoms. The molecule has 0 N–H and O–H groups in total. The fourth-order valence-corrected chi connectivity index (χ4v) is 2.03. The Balaban J connectivity index is 2.37. The maximum Gasteiger partial charge on any atom is 0.251 e. The number of rotatable bonds is 4. The van der Waals surface area contributed by atoms with Crippen LogP contribution in [0.5, 0.6) is 0 Å². The van der Waals surface area contributed by atoms with Gasteiger partial charge in [-0.1, -0.05) is 13.3 Å². The summed E-state index contributed by atoms with van der Waals surface area (Å²) in [4.78, 5) is 13.7. The second kappa shape index (κ2) is 5.35. The molecule has 0 aromatic rings. The summed E-state index contributed by atoms with van der Waals surface area (Å²) in [5.41, 5.74) is 0. The highest BCUT2D eigenvalue weighted by molar-refractivity contribution is 5.80. The van der Waals surface area contributed by atoms with Crippen LogP contribution in [0.4, 0.5) is 0 Å².